The molecule has 1 amide bonds. The summed E-state index contributed by atoms with van der Waals surface area (Å²) >= 11 is 1.26. The predicted octanol–water partition coefficient (Wildman–Crippen LogP) is 6.55. The van der Waals surface area contributed by atoms with Crippen molar-refractivity contribution in [3.63, 3.8) is 0 Å². The molecule has 1 N–H and O–H groups in total. The molecule has 0 saturated heterocycles. The van der Waals surface area contributed by atoms with Crippen LogP contribution in [-0.4, -0.2) is 30.8 Å². The van der Waals surface area contributed by atoms with E-state index in [4.69, 9.17) is 0 Å². The average molecular weight is 560 g/mol. The van der Waals surface area contributed by atoms with Gasteiger partial charge in [-0.05, 0) is 61.0 Å². The van der Waals surface area contributed by atoms with Crippen molar-refractivity contribution in [1.82, 2.24) is 19.2 Å². The van der Waals surface area contributed by atoms with E-state index in [1.165, 1.54) is 11.8 Å². The lowest BCUT2D eigenvalue weighted by molar-refractivity contribution is -0.113. The van der Waals surface area contributed by atoms with Crippen molar-refractivity contribution in [2.24, 2.45) is 10.2 Å². The first kappa shape index (κ1) is 26.1. The lowest BCUT2D eigenvalue weighted by Crippen LogP contribution is -2.24. The summed E-state index contributed by atoms with van der Waals surface area (Å²) in [4.78, 5) is 26.2. The molecular weight excluding hydrogens is 534 g/mol. The van der Waals surface area contributed by atoms with Crippen molar-refractivity contribution in [1.29, 1.82) is 0 Å². The van der Waals surface area contributed by atoms with Gasteiger partial charge in [-0.25, -0.2) is 0 Å². The van der Waals surface area contributed by atoms with Gasteiger partial charge in [-0.15, -0.1) is 10.2 Å². The Morgan fingerprint density at radius 2 is 1.51 bits per heavy atom. The summed E-state index contributed by atoms with van der Waals surface area (Å²) in [6, 6.07) is 32.0. The van der Waals surface area contributed by atoms with Gasteiger partial charge < -0.3 is 5.32 Å². The van der Waals surface area contributed by atoms with Crippen LogP contribution in [0.1, 0.15) is 11.1 Å². The van der Waals surface area contributed by atoms with Crippen molar-refractivity contribution < 1.29 is 4.79 Å². The monoisotopic (exact) mass is 559 g/mol. The number of para-hydroxylation sites is 1. The SMILES string of the molecule is Cc1ccc(Cn2c(=O)c3ccccc3n3c(SCC(=O)Nc4ccc(N=Nc5ccccc5)cc4)nnc23)cc1. The molecule has 2 aromatic heterocycles. The van der Waals surface area contributed by atoms with Crippen molar-refractivity contribution in [2.75, 3.05) is 11.1 Å². The first-order valence-corrected chi connectivity index (χ1v) is 14.0. The fraction of sp³-hybridized carbons (Fsp3) is 0.0968. The Hall–Kier alpha value is -5.09. The standard InChI is InChI=1S/C31H25N7O2S/c1-21-11-13-22(14-12-21)19-37-29(40)26-9-5-6-10-27(26)38-30(37)35-36-31(38)41-20-28(39)32-23-15-17-25(18-16-23)34-33-24-7-3-2-4-8-24/h2-18H,19-20H2,1H3,(H,32,39). The zero-order valence-electron chi connectivity index (χ0n) is 22.1. The second kappa shape index (κ2) is 11.6. The Kier molecular flexibility index (Phi) is 7.38. The van der Waals surface area contributed by atoms with E-state index in [9.17, 15) is 9.59 Å². The number of rotatable bonds is 8. The number of hydrogen-bond acceptors (Lipinski definition) is 7. The van der Waals surface area contributed by atoms with Crippen molar-refractivity contribution in [3.05, 3.63) is 125 Å². The summed E-state index contributed by atoms with van der Waals surface area (Å²) in [7, 11) is 0. The van der Waals surface area contributed by atoms with Gasteiger partial charge in [0.1, 0.15) is 0 Å². The average Bonchev–Trinajstić information content (AvgIpc) is 3.43. The zero-order chi connectivity index (χ0) is 28.2. The van der Waals surface area contributed by atoms with Crippen LogP contribution in [-0.2, 0) is 11.3 Å². The Morgan fingerprint density at radius 1 is 0.829 bits per heavy atom. The fourth-order valence-electron chi connectivity index (χ4n) is 4.39. The molecule has 0 spiro atoms. The number of amides is 1. The first-order chi connectivity index (χ1) is 20.0. The minimum atomic E-state index is -0.192. The second-order valence-corrected chi connectivity index (χ2v) is 10.4. The van der Waals surface area contributed by atoms with Crippen LogP contribution in [0.2, 0.25) is 0 Å². The van der Waals surface area contributed by atoms with Gasteiger partial charge in [0.2, 0.25) is 11.7 Å². The molecule has 0 bridgehead atoms. The van der Waals surface area contributed by atoms with Gasteiger partial charge in [-0.2, -0.15) is 10.2 Å². The highest BCUT2D eigenvalue weighted by molar-refractivity contribution is 7.99. The van der Waals surface area contributed by atoms with Gasteiger partial charge in [0, 0.05) is 5.69 Å². The number of carbonyl (C=O) groups is 1. The van der Waals surface area contributed by atoms with E-state index in [1.54, 1.807) is 34.9 Å². The molecule has 0 fully saturated rings. The number of nitrogens with zero attached hydrogens (tertiary/aromatic N) is 6. The molecule has 0 aliphatic heterocycles. The summed E-state index contributed by atoms with van der Waals surface area (Å²) < 4.78 is 3.47. The van der Waals surface area contributed by atoms with E-state index in [2.05, 4.69) is 25.7 Å². The molecule has 202 valence electrons. The minimum absolute atomic E-state index is 0.113. The normalized spacial score (nSPS) is 11.4. The summed E-state index contributed by atoms with van der Waals surface area (Å²) in [5, 5.41) is 21.1. The highest BCUT2D eigenvalue weighted by atomic mass is 32.2. The van der Waals surface area contributed by atoms with E-state index >= 15 is 0 Å². The number of aromatic nitrogens is 4. The highest BCUT2D eigenvalue weighted by Crippen LogP contribution is 2.24. The molecular formula is C31H25N7O2S. The molecule has 10 heteroatoms. The van der Waals surface area contributed by atoms with Crippen LogP contribution in [0.25, 0.3) is 16.7 Å². The van der Waals surface area contributed by atoms with Crippen LogP contribution in [0, 0.1) is 6.92 Å². The molecule has 6 aromatic rings. The molecule has 0 unspecified atom stereocenters. The molecule has 0 radical (unpaired) electrons. The number of thioether (sulfide) groups is 1. The smallest absolute Gasteiger partial charge is 0.263 e. The van der Waals surface area contributed by atoms with Crippen LogP contribution in [0.15, 0.2) is 123 Å². The molecule has 2 heterocycles. The topological polar surface area (TPSA) is 106 Å². The van der Waals surface area contributed by atoms with Crippen LogP contribution in [0.3, 0.4) is 0 Å². The van der Waals surface area contributed by atoms with Gasteiger partial charge in [0.15, 0.2) is 5.16 Å². The highest BCUT2D eigenvalue weighted by Gasteiger charge is 2.18. The van der Waals surface area contributed by atoms with Crippen LogP contribution in [0.5, 0.6) is 0 Å². The Bertz CT molecular complexity index is 1930. The fourth-order valence-corrected chi connectivity index (χ4v) is 5.13. The van der Waals surface area contributed by atoms with Crippen molar-refractivity contribution in [2.45, 2.75) is 18.6 Å². The lowest BCUT2D eigenvalue weighted by atomic mass is 10.1. The number of aryl methyl sites for hydroxylation is 1. The number of azo groups is 1. The van der Waals surface area contributed by atoms with E-state index < -0.39 is 0 Å². The molecule has 0 atom stereocenters. The molecule has 0 aliphatic carbocycles. The first-order valence-electron chi connectivity index (χ1n) is 13.0. The van der Waals surface area contributed by atoms with E-state index in [0.29, 0.717) is 39.8 Å². The quantitative estimate of drug-likeness (QED) is 0.168. The number of carbonyl (C=O) groups excluding carboxylic acids is 1. The van der Waals surface area contributed by atoms with E-state index in [0.717, 1.165) is 16.8 Å². The Labute approximate surface area is 239 Å². The summed E-state index contributed by atoms with van der Waals surface area (Å²) in [5.74, 6) is 0.349. The number of anilines is 1. The van der Waals surface area contributed by atoms with Gasteiger partial charge in [-0.1, -0.05) is 71.9 Å². The third-order valence-electron chi connectivity index (χ3n) is 6.46. The third kappa shape index (κ3) is 5.78. The molecule has 4 aromatic carbocycles. The molecule has 0 saturated carbocycles. The maximum absolute atomic E-state index is 13.4. The maximum atomic E-state index is 13.4. The zero-order valence-corrected chi connectivity index (χ0v) is 23.0. The van der Waals surface area contributed by atoms with E-state index in [-0.39, 0.29) is 17.2 Å². The van der Waals surface area contributed by atoms with Crippen LogP contribution >= 0.6 is 11.8 Å². The third-order valence-corrected chi connectivity index (χ3v) is 7.39. The minimum Gasteiger partial charge on any atom is -0.325 e. The molecule has 6 rings (SSSR count). The van der Waals surface area contributed by atoms with Gasteiger partial charge in [0.05, 0.1) is 34.6 Å². The van der Waals surface area contributed by atoms with Crippen molar-refractivity contribution in [3.8, 4) is 0 Å². The lowest BCUT2D eigenvalue weighted by Gasteiger charge is -2.11. The summed E-state index contributed by atoms with van der Waals surface area (Å²) in [6.45, 7) is 2.38. The Balaban J connectivity index is 1.20. The Morgan fingerprint density at radius 3 is 2.27 bits per heavy atom. The number of fused-ring (bicyclic) bond motifs is 3. The second-order valence-electron chi connectivity index (χ2n) is 9.43. The summed E-state index contributed by atoms with van der Waals surface area (Å²) in [5.41, 5.74) is 4.79. The largest absolute Gasteiger partial charge is 0.325 e. The van der Waals surface area contributed by atoms with Crippen molar-refractivity contribution >= 4 is 51.4 Å². The van der Waals surface area contributed by atoms with Crippen LogP contribution in [0.4, 0.5) is 17.1 Å². The van der Waals surface area contributed by atoms with E-state index in [1.807, 2.05) is 84.1 Å². The number of nitrogens with one attached hydrogen (secondary N) is 1. The van der Waals surface area contributed by atoms with Crippen LogP contribution < -0.4 is 10.9 Å². The summed E-state index contributed by atoms with van der Waals surface area (Å²) in [6.07, 6.45) is 0. The molecule has 0 aliphatic rings. The number of hydrogen-bond donors (Lipinski definition) is 1. The number of benzene rings is 4. The molecule has 41 heavy (non-hydrogen) atoms. The maximum Gasteiger partial charge on any atom is 0.263 e. The van der Waals surface area contributed by atoms with Gasteiger partial charge >= 0.3 is 0 Å². The predicted molar refractivity (Wildman–Crippen MR) is 161 cm³/mol. The van der Waals surface area contributed by atoms with Gasteiger partial charge in [-0.3, -0.25) is 18.6 Å². The molecule has 9 nitrogen and oxygen atoms in total. The van der Waals surface area contributed by atoms with Gasteiger partial charge in [0.25, 0.3) is 5.56 Å².